The maximum Gasteiger partial charge on any atom is 0.0641 e. The Labute approximate surface area is 99.3 Å². The van der Waals surface area contributed by atoms with E-state index in [2.05, 4.69) is 26.5 Å². The third-order valence-electron chi connectivity index (χ3n) is 4.64. The van der Waals surface area contributed by atoms with E-state index in [0.717, 1.165) is 31.1 Å². The summed E-state index contributed by atoms with van der Waals surface area (Å²) in [5.74, 6) is 1.54. The van der Waals surface area contributed by atoms with Gasteiger partial charge in [-0.05, 0) is 54.9 Å². The lowest BCUT2D eigenvalue weighted by molar-refractivity contribution is 0.00350. The Hall–Kier alpha value is -0.560. The minimum absolute atomic E-state index is 0.240. The van der Waals surface area contributed by atoms with E-state index >= 15 is 0 Å². The topological polar surface area (TPSA) is 20.2 Å². The van der Waals surface area contributed by atoms with Gasteiger partial charge in [0.25, 0.3) is 0 Å². The molecule has 0 spiro atoms. The van der Waals surface area contributed by atoms with Gasteiger partial charge in [-0.3, -0.25) is 0 Å². The number of aliphatic hydroxyl groups excluding tert-OH is 1. The van der Waals surface area contributed by atoms with Gasteiger partial charge in [0.1, 0.15) is 0 Å². The molecule has 0 aromatic rings. The highest BCUT2D eigenvalue weighted by Gasteiger charge is 2.47. The lowest BCUT2D eigenvalue weighted by Crippen LogP contribution is -2.44. The van der Waals surface area contributed by atoms with E-state index in [9.17, 15) is 5.11 Å². The monoisotopic (exact) mass is 220 g/mol. The van der Waals surface area contributed by atoms with E-state index in [0.29, 0.717) is 5.41 Å². The number of hydrogen-bond donors (Lipinski definition) is 1. The molecule has 0 radical (unpaired) electrons. The van der Waals surface area contributed by atoms with Crippen molar-refractivity contribution >= 4 is 0 Å². The molecule has 0 saturated heterocycles. The van der Waals surface area contributed by atoms with Crippen LogP contribution in [0.1, 0.15) is 46.0 Å². The minimum atomic E-state index is 0.240. The van der Waals surface area contributed by atoms with Crippen molar-refractivity contribution in [1.29, 1.82) is 0 Å². The molecule has 1 saturated carbocycles. The second kappa shape index (κ2) is 4.37. The fraction of sp³-hybridized carbons (Fsp3) is 0.733. The number of rotatable bonds is 1. The number of aliphatic hydroxyl groups is 1. The van der Waals surface area contributed by atoms with Gasteiger partial charge in [0.15, 0.2) is 0 Å². The molecule has 0 unspecified atom stereocenters. The predicted molar refractivity (Wildman–Crippen MR) is 68.2 cm³/mol. The van der Waals surface area contributed by atoms with Crippen LogP contribution in [-0.2, 0) is 0 Å². The van der Waals surface area contributed by atoms with Crippen LogP contribution in [0.5, 0.6) is 0 Å². The summed E-state index contributed by atoms with van der Waals surface area (Å²) in [5, 5.41) is 9.28. The summed E-state index contributed by atoms with van der Waals surface area (Å²) in [6.07, 6.45) is 8.02. The van der Waals surface area contributed by atoms with E-state index in [1.165, 1.54) is 24.0 Å². The van der Waals surface area contributed by atoms with Crippen LogP contribution in [-0.4, -0.2) is 11.7 Å². The highest BCUT2D eigenvalue weighted by atomic mass is 16.3. The van der Waals surface area contributed by atoms with Crippen molar-refractivity contribution in [2.75, 3.05) is 6.61 Å². The quantitative estimate of drug-likeness (QED) is 0.668. The fourth-order valence-electron chi connectivity index (χ4n) is 3.50. The summed E-state index contributed by atoms with van der Waals surface area (Å²) >= 11 is 0. The Kier molecular flexibility index (Phi) is 3.25. The average molecular weight is 220 g/mol. The maximum atomic E-state index is 9.28. The van der Waals surface area contributed by atoms with Crippen LogP contribution in [0, 0.1) is 17.3 Å². The van der Waals surface area contributed by atoms with E-state index in [-0.39, 0.29) is 6.61 Å². The molecule has 1 nitrogen and oxygen atoms in total. The van der Waals surface area contributed by atoms with Gasteiger partial charge < -0.3 is 5.11 Å². The summed E-state index contributed by atoms with van der Waals surface area (Å²) in [5.41, 5.74) is 3.16. The highest BCUT2D eigenvalue weighted by molar-refractivity contribution is 5.16. The van der Waals surface area contributed by atoms with Crippen LogP contribution >= 0.6 is 0 Å². The van der Waals surface area contributed by atoms with Crippen molar-refractivity contribution in [2.45, 2.75) is 46.0 Å². The molecule has 0 bridgehead atoms. The van der Waals surface area contributed by atoms with Crippen LogP contribution in [0.15, 0.2) is 23.8 Å². The molecular weight excluding hydrogens is 196 g/mol. The van der Waals surface area contributed by atoms with Gasteiger partial charge in [0, 0.05) is 0 Å². The zero-order valence-corrected chi connectivity index (χ0v) is 10.6. The molecule has 1 N–H and O–H groups in total. The molecule has 0 aromatic heterocycles. The molecule has 0 heterocycles. The van der Waals surface area contributed by atoms with Gasteiger partial charge in [0.05, 0.1) is 6.61 Å². The lowest BCUT2D eigenvalue weighted by atomic mass is 9.52. The predicted octanol–water partition coefficient (Wildman–Crippen LogP) is 3.70. The van der Waals surface area contributed by atoms with Crippen molar-refractivity contribution in [3.05, 3.63) is 23.8 Å². The fourth-order valence-corrected chi connectivity index (χ4v) is 3.50. The number of allylic oxidation sites excluding steroid dienone is 2. The van der Waals surface area contributed by atoms with Gasteiger partial charge in [-0.15, -0.1) is 0 Å². The highest BCUT2D eigenvalue weighted by Crippen LogP contribution is 2.56. The van der Waals surface area contributed by atoms with Crippen LogP contribution in [0.2, 0.25) is 0 Å². The minimum Gasteiger partial charge on any atom is -0.392 e. The van der Waals surface area contributed by atoms with Gasteiger partial charge in [0.2, 0.25) is 0 Å². The Morgan fingerprint density at radius 1 is 1.44 bits per heavy atom. The zero-order chi connectivity index (χ0) is 11.8. The van der Waals surface area contributed by atoms with E-state index in [1.807, 2.05) is 0 Å². The first-order chi connectivity index (χ1) is 7.54. The first-order valence-corrected chi connectivity index (χ1v) is 6.51. The average Bonchev–Trinajstić information content (AvgIpc) is 2.28. The second-order valence-electron chi connectivity index (χ2n) is 6.16. The van der Waals surface area contributed by atoms with Crippen molar-refractivity contribution in [3.63, 3.8) is 0 Å². The maximum absolute atomic E-state index is 9.28. The Morgan fingerprint density at radius 3 is 2.81 bits per heavy atom. The van der Waals surface area contributed by atoms with Crippen LogP contribution in [0.25, 0.3) is 0 Å². The summed E-state index contributed by atoms with van der Waals surface area (Å²) in [6.45, 7) is 9.26. The van der Waals surface area contributed by atoms with Crippen molar-refractivity contribution in [2.24, 2.45) is 17.3 Å². The molecule has 2 rings (SSSR count). The summed E-state index contributed by atoms with van der Waals surface area (Å²) < 4.78 is 0. The Morgan fingerprint density at radius 2 is 2.19 bits per heavy atom. The van der Waals surface area contributed by atoms with Crippen molar-refractivity contribution in [3.8, 4) is 0 Å². The third-order valence-corrected chi connectivity index (χ3v) is 4.64. The molecule has 90 valence electrons. The smallest absolute Gasteiger partial charge is 0.0641 e. The molecule has 16 heavy (non-hydrogen) atoms. The van der Waals surface area contributed by atoms with E-state index in [1.54, 1.807) is 0 Å². The molecule has 2 atom stereocenters. The van der Waals surface area contributed by atoms with Gasteiger partial charge in [-0.1, -0.05) is 32.1 Å². The van der Waals surface area contributed by atoms with Crippen molar-refractivity contribution in [1.82, 2.24) is 0 Å². The summed E-state index contributed by atoms with van der Waals surface area (Å²) in [6, 6.07) is 0. The second-order valence-corrected chi connectivity index (χ2v) is 6.16. The number of fused-ring (bicyclic) bond motifs is 1. The largest absolute Gasteiger partial charge is 0.392 e. The SMILES string of the molecule is C=C1CC/C=C(\CO)CC[C@@H]2[C@H]1CC2(C)C. The molecule has 2 aliphatic carbocycles. The van der Waals surface area contributed by atoms with Crippen LogP contribution < -0.4 is 0 Å². The van der Waals surface area contributed by atoms with Crippen molar-refractivity contribution < 1.29 is 5.11 Å². The molecule has 0 amide bonds. The van der Waals surface area contributed by atoms with Gasteiger partial charge >= 0.3 is 0 Å². The van der Waals surface area contributed by atoms with E-state index in [4.69, 9.17) is 0 Å². The van der Waals surface area contributed by atoms with Gasteiger partial charge in [-0.2, -0.15) is 0 Å². The lowest BCUT2D eigenvalue weighted by Gasteiger charge is -2.53. The molecule has 2 aliphatic rings. The molecular formula is C15H24O. The third kappa shape index (κ3) is 2.10. The summed E-state index contributed by atoms with van der Waals surface area (Å²) in [7, 11) is 0. The first-order valence-electron chi connectivity index (χ1n) is 6.51. The van der Waals surface area contributed by atoms with Crippen LogP contribution in [0.4, 0.5) is 0 Å². The zero-order valence-electron chi connectivity index (χ0n) is 10.6. The van der Waals surface area contributed by atoms with E-state index < -0.39 is 0 Å². The molecule has 0 aliphatic heterocycles. The van der Waals surface area contributed by atoms with Gasteiger partial charge in [-0.25, -0.2) is 0 Å². The number of hydrogen-bond acceptors (Lipinski definition) is 1. The Bertz CT molecular complexity index is 311. The molecule has 0 aromatic carbocycles. The summed E-state index contributed by atoms with van der Waals surface area (Å²) in [4.78, 5) is 0. The van der Waals surface area contributed by atoms with Crippen LogP contribution in [0.3, 0.4) is 0 Å². The molecule has 1 heteroatoms. The Balaban J connectivity index is 2.11. The first kappa shape index (κ1) is 11.9. The standard InChI is InChI=1S/C15H24O/c1-11-5-4-6-12(10-16)7-8-14-13(11)9-15(14,2)3/h6,13-14,16H,1,4-5,7-10H2,2-3H3/b12-6-/t13-,14+/m0/s1. The normalized spacial score (nSPS) is 37.2. The molecule has 1 fully saturated rings.